The lowest BCUT2D eigenvalue weighted by Crippen LogP contribution is -1.88. The molecule has 0 saturated carbocycles. The van der Waals surface area contributed by atoms with Crippen LogP contribution in [0.4, 0.5) is 0 Å². The number of pyridine rings is 1. The van der Waals surface area contributed by atoms with Crippen molar-refractivity contribution in [1.29, 1.82) is 5.26 Å². The molecular formula is C15H10N2O2. The topological polar surface area (TPSA) is 57.7 Å². The van der Waals surface area contributed by atoms with E-state index in [0.29, 0.717) is 17.1 Å². The van der Waals surface area contributed by atoms with Gasteiger partial charge in [-0.05, 0) is 30.3 Å². The molecule has 0 radical (unpaired) electrons. The van der Waals surface area contributed by atoms with Gasteiger partial charge in [0.05, 0.1) is 11.1 Å². The highest BCUT2D eigenvalue weighted by Gasteiger charge is 2.08. The maximum absolute atomic E-state index is 9.71. The summed E-state index contributed by atoms with van der Waals surface area (Å²) in [7, 11) is 0. The number of fused-ring (bicyclic) bond motifs is 1. The van der Waals surface area contributed by atoms with E-state index in [4.69, 9.17) is 10.00 Å². The zero-order valence-electron chi connectivity index (χ0n) is 9.95. The summed E-state index contributed by atoms with van der Waals surface area (Å²) in [5.41, 5.74) is 1.34. The second-order valence-corrected chi connectivity index (χ2v) is 4.08. The number of hydrogen-bond donors (Lipinski definition) is 1. The van der Waals surface area contributed by atoms with Crippen molar-refractivity contribution in [3.05, 3.63) is 60.4 Å². The molecule has 0 atom stereocenters. The van der Waals surface area contributed by atoms with E-state index >= 15 is 0 Å². The van der Waals surface area contributed by atoms with Gasteiger partial charge in [0.1, 0.15) is 6.07 Å². The molecule has 0 spiro atoms. The van der Waals surface area contributed by atoms with Gasteiger partial charge in [0.15, 0.2) is 17.2 Å². The van der Waals surface area contributed by atoms with Gasteiger partial charge in [-0.1, -0.05) is 12.1 Å². The highest BCUT2D eigenvalue weighted by atomic mass is 16.5. The summed E-state index contributed by atoms with van der Waals surface area (Å²) in [6, 6.07) is 14.2. The van der Waals surface area contributed by atoms with Crippen molar-refractivity contribution >= 4 is 5.52 Å². The highest BCUT2D eigenvalue weighted by Crippen LogP contribution is 2.32. The fourth-order valence-electron chi connectivity index (χ4n) is 1.92. The molecule has 0 fully saturated rings. The number of phenols is 1. The highest BCUT2D eigenvalue weighted by molar-refractivity contribution is 5.65. The van der Waals surface area contributed by atoms with Crippen molar-refractivity contribution in [3.63, 3.8) is 0 Å². The van der Waals surface area contributed by atoms with Crippen LogP contribution in [0.2, 0.25) is 0 Å². The minimum atomic E-state index is 0.0802. The number of nitrogens with zero attached hydrogens (tertiary/aromatic N) is 2. The molecule has 1 N–H and O–H groups in total. The molecular weight excluding hydrogens is 240 g/mol. The van der Waals surface area contributed by atoms with Crippen LogP contribution in [-0.4, -0.2) is 9.51 Å². The maximum atomic E-state index is 9.71. The number of aromatic hydroxyl groups is 1. The van der Waals surface area contributed by atoms with Crippen LogP contribution in [0.15, 0.2) is 54.9 Å². The molecule has 19 heavy (non-hydrogen) atoms. The second kappa shape index (κ2) is 4.39. The Kier molecular flexibility index (Phi) is 2.58. The molecule has 0 saturated heterocycles. The lowest BCUT2D eigenvalue weighted by molar-refractivity contribution is 0.413. The van der Waals surface area contributed by atoms with Gasteiger partial charge >= 0.3 is 0 Å². The van der Waals surface area contributed by atoms with Crippen LogP contribution >= 0.6 is 0 Å². The summed E-state index contributed by atoms with van der Waals surface area (Å²) >= 11 is 0. The van der Waals surface area contributed by atoms with E-state index in [1.807, 2.05) is 16.7 Å². The third-order valence-electron chi connectivity index (χ3n) is 2.81. The van der Waals surface area contributed by atoms with Crippen molar-refractivity contribution in [1.82, 2.24) is 4.40 Å². The van der Waals surface area contributed by atoms with E-state index in [1.54, 1.807) is 42.6 Å². The molecule has 0 aliphatic carbocycles. The van der Waals surface area contributed by atoms with Crippen LogP contribution in [0.3, 0.4) is 0 Å². The van der Waals surface area contributed by atoms with Gasteiger partial charge in [0.25, 0.3) is 0 Å². The van der Waals surface area contributed by atoms with E-state index < -0.39 is 0 Å². The average Bonchev–Trinajstić information content (AvgIpc) is 2.85. The Morgan fingerprint density at radius 1 is 1.11 bits per heavy atom. The van der Waals surface area contributed by atoms with E-state index in [-0.39, 0.29) is 5.75 Å². The number of aromatic nitrogens is 1. The first-order chi connectivity index (χ1) is 9.28. The SMILES string of the molecule is N#Cc1cc2c(Oc3ccccc3O)cccn2c1. The first-order valence-corrected chi connectivity index (χ1v) is 5.74. The van der Waals surface area contributed by atoms with E-state index in [9.17, 15) is 5.11 Å². The fraction of sp³-hybridized carbons (Fsp3) is 0. The number of rotatable bonds is 2. The largest absolute Gasteiger partial charge is 0.504 e. The van der Waals surface area contributed by atoms with Gasteiger partial charge in [0.2, 0.25) is 0 Å². The Bertz CT molecular complexity index is 784. The average molecular weight is 250 g/mol. The number of ether oxygens (including phenoxy) is 1. The molecule has 0 aliphatic heterocycles. The fourth-order valence-corrected chi connectivity index (χ4v) is 1.92. The van der Waals surface area contributed by atoms with Gasteiger partial charge < -0.3 is 14.2 Å². The summed E-state index contributed by atoms with van der Waals surface area (Å²) in [5, 5.41) is 18.6. The van der Waals surface area contributed by atoms with Crippen LogP contribution < -0.4 is 4.74 Å². The Hall–Kier alpha value is -2.93. The third kappa shape index (κ3) is 1.98. The quantitative estimate of drug-likeness (QED) is 0.759. The molecule has 92 valence electrons. The molecule has 0 amide bonds. The standard InChI is InChI=1S/C15H10N2O2/c16-9-11-8-12-14(6-3-7-17(12)10-11)19-15-5-2-1-4-13(15)18/h1-8,10,18H. The van der Waals surface area contributed by atoms with Crippen LogP contribution in [-0.2, 0) is 0 Å². The summed E-state index contributed by atoms with van der Waals surface area (Å²) in [6.45, 7) is 0. The minimum Gasteiger partial charge on any atom is -0.504 e. The Morgan fingerprint density at radius 3 is 2.68 bits per heavy atom. The first kappa shape index (κ1) is 11.2. The zero-order valence-corrected chi connectivity index (χ0v) is 9.95. The summed E-state index contributed by atoms with van der Waals surface area (Å²) < 4.78 is 7.51. The lowest BCUT2D eigenvalue weighted by Gasteiger charge is -2.08. The number of nitriles is 1. The summed E-state index contributed by atoms with van der Waals surface area (Å²) in [6.07, 6.45) is 3.57. The molecule has 1 aromatic carbocycles. The monoisotopic (exact) mass is 250 g/mol. The number of phenolic OH excluding ortho intramolecular Hbond substituents is 1. The van der Waals surface area contributed by atoms with E-state index in [0.717, 1.165) is 5.52 Å². The van der Waals surface area contributed by atoms with Crippen LogP contribution in [0.25, 0.3) is 5.52 Å². The van der Waals surface area contributed by atoms with Crippen LogP contribution in [0.1, 0.15) is 5.56 Å². The smallest absolute Gasteiger partial charge is 0.169 e. The summed E-state index contributed by atoms with van der Waals surface area (Å²) in [4.78, 5) is 0. The number of benzene rings is 1. The Labute approximate surface area is 109 Å². The van der Waals surface area contributed by atoms with Gasteiger partial charge in [-0.2, -0.15) is 5.26 Å². The van der Waals surface area contributed by atoms with Crippen molar-refractivity contribution in [2.45, 2.75) is 0 Å². The molecule has 0 aliphatic rings. The molecule has 4 heteroatoms. The van der Waals surface area contributed by atoms with Gasteiger partial charge in [-0.25, -0.2) is 0 Å². The van der Waals surface area contributed by atoms with E-state index in [2.05, 4.69) is 6.07 Å². The maximum Gasteiger partial charge on any atom is 0.169 e. The molecule has 3 rings (SSSR count). The normalized spacial score (nSPS) is 10.3. The van der Waals surface area contributed by atoms with Gasteiger partial charge in [-0.15, -0.1) is 0 Å². The molecule has 2 heterocycles. The van der Waals surface area contributed by atoms with Crippen molar-refractivity contribution in [3.8, 4) is 23.3 Å². The minimum absolute atomic E-state index is 0.0802. The Morgan fingerprint density at radius 2 is 1.89 bits per heavy atom. The molecule has 2 aromatic heterocycles. The predicted octanol–water partition coefficient (Wildman–Crippen LogP) is 3.31. The lowest BCUT2D eigenvalue weighted by atomic mass is 10.3. The van der Waals surface area contributed by atoms with Crippen LogP contribution in [0.5, 0.6) is 17.2 Å². The summed E-state index contributed by atoms with van der Waals surface area (Å²) in [5.74, 6) is 1.05. The van der Waals surface area contributed by atoms with Crippen molar-refractivity contribution < 1.29 is 9.84 Å². The number of para-hydroxylation sites is 2. The van der Waals surface area contributed by atoms with E-state index in [1.165, 1.54) is 0 Å². The van der Waals surface area contributed by atoms with Crippen molar-refractivity contribution in [2.75, 3.05) is 0 Å². The van der Waals surface area contributed by atoms with Gasteiger partial charge in [0, 0.05) is 12.4 Å². The second-order valence-electron chi connectivity index (χ2n) is 4.08. The zero-order chi connectivity index (χ0) is 13.2. The molecule has 3 aromatic rings. The Balaban J connectivity index is 2.09. The van der Waals surface area contributed by atoms with Gasteiger partial charge in [-0.3, -0.25) is 0 Å². The first-order valence-electron chi connectivity index (χ1n) is 5.74. The molecule has 0 unspecified atom stereocenters. The molecule has 4 nitrogen and oxygen atoms in total. The van der Waals surface area contributed by atoms with Crippen molar-refractivity contribution in [2.24, 2.45) is 0 Å². The van der Waals surface area contributed by atoms with Crippen LogP contribution in [0, 0.1) is 11.3 Å². The predicted molar refractivity (Wildman–Crippen MR) is 70.3 cm³/mol. The third-order valence-corrected chi connectivity index (χ3v) is 2.81. The number of hydrogen-bond acceptors (Lipinski definition) is 3. The molecule has 0 bridgehead atoms.